The molecule has 2 aromatic heterocycles. The number of aromatic nitrogens is 2. The van der Waals surface area contributed by atoms with Crippen LogP contribution in [0.1, 0.15) is 11.3 Å². The second-order valence-electron chi connectivity index (χ2n) is 4.86. The van der Waals surface area contributed by atoms with E-state index in [-0.39, 0.29) is 11.5 Å². The first-order valence-corrected chi connectivity index (χ1v) is 8.08. The lowest BCUT2D eigenvalue weighted by Crippen LogP contribution is -2.28. The average molecular weight is 321 g/mol. The Balaban J connectivity index is 1.94. The Morgan fingerprint density at radius 2 is 2.27 bits per heavy atom. The quantitative estimate of drug-likeness (QED) is 0.770. The van der Waals surface area contributed by atoms with Crippen molar-refractivity contribution in [3.05, 3.63) is 46.0 Å². The summed E-state index contributed by atoms with van der Waals surface area (Å²) in [6.45, 7) is 2.93. The number of pyridine rings is 1. The van der Waals surface area contributed by atoms with E-state index in [9.17, 15) is 9.59 Å². The van der Waals surface area contributed by atoms with Crippen LogP contribution in [0.2, 0.25) is 0 Å². The smallest absolute Gasteiger partial charge is 0.258 e. The number of ether oxygens (including phenoxy) is 1. The van der Waals surface area contributed by atoms with E-state index in [1.807, 2.05) is 19.1 Å². The Kier molecular flexibility index (Phi) is 5.97. The van der Waals surface area contributed by atoms with Crippen LogP contribution in [0.5, 0.6) is 0 Å². The van der Waals surface area contributed by atoms with Gasteiger partial charge in [-0.3, -0.25) is 14.0 Å². The predicted octanol–water partition coefficient (Wildman–Crippen LogP) is 0.999. The molecule has 1 amide bonds. The van der Waals surface area contributed by atoms with Gasteiger partial charge >= 0.3 is 0 Å². The van der Waals surface area contributed by atoms with E-state index in [1.165, 1.54) is 22.2 Å². The number of nitrogens with zero attached hydrogens (tertiary/aromatic N) is 2. The number of fused-ring (bicyclic) bond motifs is 1. The number of methoxy groups -OCH3 is 1. The summed E-state index contributed by atoms with van der Waals surface area (Å²) in [5, 5.41) is 2.75. The molecule has 0 saturated heterocycles. The molecule has 1 N–H and O–H groups in total. The minimum absolute atomic E-state index is 0.0461. The van der Waals surface area contributed by atoms with E-state index in [2.05, 4.69) is 10.3 Å². The summed E-state index contributed by atoms with van der Waals surface area (Å²) in [6, 6.07) is 5.26. The number of carbonyl (C=O) groups excluding carboxylic acids is 1. The summed E-state index contributed by atoms with van der Waals surface area (Å²) < 4.78 is 6.39. The zero-order valence-corrected chi connectivity index (χ0v) is 13.5. The highest BCUT2D eigenvalue weighted by atomic mass is 32.2. The van der Waals surface area contributed by atoms with Gasteiger partial charge in [0, 0.05) is 31.7 Å². The van der Waals surface area contributed by atoms with Crippen LogP contribution in [0.15, 0.2) is 29.2 Å². The molecule has 118 valence electrons. The fourth-order valence-corrected chi connectivity index (χ4v) is 2.67. The highest BCUT2D eigenvalue weighted by Crippen LogP contribution is 2.10. The number of hydrogen-bond acceptors (Lipinski definition) is 5. The molecule has 7 heteroatoms. The number of hydrogen-bond donors (Lipinski definition) is 1. The molecule has 0 atom stereocenters. The minimum atomic E-state index is -0.103. The molecule has 0 aliphatic rings. The monoisotopic (exact) mass is 321 g/mol. The van der Waals surface area contributed by atoms with Gasteiger partial charge in [0.2, 0.25) is 5.91 Å². The van der Waals surface area contributed by atoms with Crippen molar-refractivity contribution < 1.29 is 9.53 Å². The van der Waals surface area contributed by atoms with Crippen LogP contribution in [0.3, 0.4) is 0 Å². The fourth-order valence-electron chi connectivity index (χ4n) is 1.92. The van der Waals surface area contributed by atoms with E-state index in [0.29, 0.717) is 36.0 Å². The molecule has 2 rings (SSSR count). The molecule has 22 heavy (non-hydrogen) atoms. The van der Waals surface area contributed by atoms with E-state index in [0.717, 1.165) is 5.56 Å². The van der Waals surface area contributed by atoms with E-state index in [1.54, 1.807) is 13.3 Å². The third kappa shape index (κ3) is 4.57. The molecular formula is C15H19N3O3S. The lowest BCUT2D eigenvalue weighted by molar-refractivity contribution is -0.118. The first-order valence-electron chi connectivity index (χ1n) is 6.92. The molecule has 0 unspecified atom stereocenters. The highest BCUT2D eigenvalue weighted by molar-refractivity contribution is 7.99. The molecule has 0 fully saturated rings. The van der Waals surface area contributed by atoms with Gasteiger partial charge in [-0.15, -0.1) is 11.8 Å². The number of nitrogens with one attached hydrogen (secondary N) is 1. The van der Waals surface area contributed by atoms with Gasteiger partial charge < -0.3 is 10.1 Å². The normalized spacial score (nSPS) is 10.8. The predicted molar refractivity (Wildman–Crippen MR) is 87.2 cm³/mol. The van der Waals surface area contributed by atoms with Gasteiger partial charge in [0.1, 0.15) is 5.65 Å². The second-order valence-corrected chi connectivity index (χ2v) is 5.84. The summed E-state index contributed by atoms with van der Waals surface area (Å²) in [6.07, 6.45) is 1.77. The van der Waals surface area contributed by atoms with Crippen LogP contribution in [-0.4, -0.2) is 41.3 Å². The van der Waals surface area contributed by atoms with Gasteiger partial charge in [0.05, 0.1) is 18.1 Å². The molecule has 2 aromatic rings. The molecule has 0 aliphatic heterocycles. The second kappa shape index (κ2) is 7.95. The van der Waals surface area contributed by atoms with Crippen LogP contribution in [0, 0.1) is 6.92 Å². The minimum Gasteiger partial charge on any atom is -0.383 e. The Morgan fingerprint density at radius 3 is 3.05 bits per heavy atom. The number of carbonyl (C=O) groups is 1. The lowest BCUT2D eigenvalue weighted by Gasteiger charge is -2.06. The zero-order valence-electron chi connectivity index (χ0n) is 12.7. The van der Waals surface area contributed by atoms with Crippen molar-refractivity contribution in [3.8, 4) is 0 Å². The lowest BCUT2D eigenvalue weighted by atomic mass is 10.3. The van der Waals surface area contributed by atoms with Gasteiger partial charge in [-0.1, -0.05) is 6.07 Å². The van der Waals surface area contributed by atoms with E-state index < -0.39 is 0 Å². The number of rotatable bonds is 7. The summed E-state index contributed by atoms with van der Waals surface area (Å²) in [7, 11) is 1.59. The third-order valence-corrected chi connectivity index (χ3v) is 3.94. The Labute approximate surface area is 132 Å². The summed E-state index contributed by atoms with van der Waals surface area (Å²) in [5.41, 5.74) is 2.21. The first kappa shape index (κ1) is 16.5. The molecule has 6 nitrogen and oxygen atoms in total. The van der Waals surface area contributed by atoms with Crippen LogP contribution < -0.4 is 10.9 Å². The topological polar surface area (TPSA) is 72.7 Å². The molecule has 2 heterocycles. The van der Waals surface area contributed by atoms with Gasteiger partial charge in [-0.05, 0) is 18.6 Å². The largest absolute Gasteiger partial charge is 0.383 e. The molecule has 0 spiro atoms. The molecule has 0 aliphatic carbocycles. The Bertz CT molecular complexity index is 715. The van der Waals surface area contributed by atoms with Crippen molar-refractivity contribution in [1.82, 2.24) is 14.7 Å². The maximum absolute atomic E-state index is 12.0. The van der Waals surface area contributed by atoms with Crippen LogP contribution >= 0.6 is 11.8 Å². The number of amides is 1. The van der Waals surface area contributed by atoms with Crippen molar-refractivity contribution in [3.63, 3.8) is 0 Å². The Morgan fingerprint density at radius 1 is 1.45 bits per heavy atom. The number of aryl methyl sites for hydroxylation is 1. The molecule has 0 saturated carbocycles. The van der Waals surface area contributed by atoms with Crippen molar-refractivity contribution in [2.75, 3.05) is 26.0 Å². The van der Waals surface area contributed by atoms with Crippen molar-refractivity contribution in [1.29, 1.82) is 0 Å². The van der Waals surface area contributed by atoms with Gasteiger partial charge in [0.15, 0.2) is 0 Å². The van der Waals surface area contributed by atoms with E-state index in [4.69, 9.17) is 4.74 Å². The van der Waals surface area contributed by atoms with Gasteiger partial charge in [0.25, 0.3) is 5.56 Å². The number of thioether (sulfide) groups is 1. The van der Waals surface area contributed by atoms with Crippen LogP contribution in [-0.2, 0) is 15.3 Å². The zero-order chi connectivity index (χ0) is 15.9. The van der Waals surface area contributed by atoms with Crippen LogP contribution in [0.25, 0.3) is 5.65 Å². The third-order valence-electron chi connectivity index (χ3n) is 2.97. The average Bonchev–Trinajstić information content (AvgIpc) is 2.48. The Hall–Kier alpha value is -1.86. The summed E-state index contributed by atoms with van der Waals surface area (Å²) in [4.78, 5) is 28.0. The van der Waals surface area contributed by atoms with Crippen molar-refractivity contribution in [2.24, 2.45) is 0 Å². The van der Waals surface area contributed by atoms with Crippen LogP contribution in [0.4, 0.5) is 0 Å². The maximum Gasteiger partial charge on any atom is 0.258 e. The van der Waals surface area contributed by atoms with Gasteiger partial charge in [-0.2, -0.15) is 0 Å². The molecule has 0 radical (unpaired) electrons. The van der Waals surface area contributed by atoms with Crippen molar-refractivity contribution in [2.45, 2.75) is 12.7 Å². The maximum atomic E-state index is 12.0. The fraction of sp³-hybridized carbons (Fsp3) is 0.400. The molecule has 0 aromatic carbocycles. The summed E-state index contributed by atoms with van der Waals surface area (Å²) >= 11 is 1.43. The summed E-state index contributed by atoms with van der Waals surface area (Å²) in [5.74, 6) is 0.811. The highest BCUT2D eigenvalue weighted by Gasteiger charge is 2.05. The standard InChI is InChI=1S/C15H19N3O3S/c1-11-3-4-13-17-12(7-15(20)18(13)8-11)9-22-10-14(19)16-5-6-21-2/h3-4,7-8H,5-6,9-10H2,1-2H3,(H,16,19). The van der Waals surface area contributed by atoms with E-state index >= 15 is 0 Å². The first-order chi connectivity index (χ1) is 10.6. The van der Waals surface area contributed by atoms with Gasteiger partial charge in [-0.25, -0.2) is 4.98 Å². The molecular weight excluding hydrogens is 302 g/mol. The van der Waals surface area contributed by atoms with Crippen molar-refractivity contribution >= 4 is 23.3 Å². The molecule has 0 bridgehead atoms. The SMILES string of the molecule is COCCNC(=O)CSCc1cc(=O)n2cc(C)ccc2n1.